The molecule has 0 radical (unpaired) electrons. The van der Waals surface area contributed by atoms with E-state index < -0.39 is 0 Å². The Morgan fingerprint density at radius 1 is 1.21 bits per heavy atom. The SMILES string of the molecule is OCC(Nc1ccc(F)cc1)c1ccc(Br)c(Cl)c1. The van der Waals surface area contributed by atoms with Crippen LogP contribution >= 0.6 is 27.5 Å². The third-order valence-electron chi connectivity index (χ3n) is 2.71. The van der Waals surface area contributed by atoms with Crippen LogP contribution in [0.1, 0.15) is 11.6 Å². The van der Waals surface area contributed by atoms with Gasteiger partial charge >= 0.3 is 0 Å². The zero-order chi connectivity index (χ0) is 13.8. The van der Waals surface area contributed by atoms with E-state index in [4.69, 9.17) is 11.6 Å². The Labute approximate surface area is 124 Å². The van der Waals surface area contributed by atoms with Crippen molar-refractivity contribution in [3.63, 3.8) is 0 Å². The first-order valence-electron chi connectivity index (χ1n) is 5.68. The first-order valence-corrected chi connectivity index (χ1v) is 6.85. The fourth-order valence-corrected chi connectivity index (χ4v) is 2.15. The van der Waals surface area contributed by atoms with E-state index >= 15 is 0 Å². The average Bonchev–Trinajstić information content (AvgIpc) is 2.41. The molecular formula is C14H12BrClFNO. The van der Waals surface area contributed by atoms with E-state index in [0.29, 0.717) is 5.02 Å². The molecule has 0 aliphatic heterocycles. The van der Waals surface area contributed by atoms with E-state index in [1.165, 1.54) is 12.1 Å². The van der Waals surface area contributed by atoms with Crippen molar-refractivity contribution >= 4 is 33.2 Å². The van der Waals surface area contributed by atoms with Gasteiger partial charge in [-0.1, -0.05) is 17.7 Å². The van der Waals surface area contributed by atoms with Gasteiger partial charge < -0.3 is 10.4 Å². The molecule has 0 aromatic heterocycles. The summed E-state index contributed by atoms with van der Waals surface area (Å²) in [6.45, 7) is -0.0880. The highest BCUT2D eigenvalue weighted by atomic mass is 79.9. The zero-order valence-corrected chi connectivity index (χ0v) is 12.2. The van der Waals surface area contributed by atoms with Gasteiger partial charge in [-0.05, 0) is 57.9 Å². The normalized spacial score (nSPS) is 12.2. The number of anilines is 1. The number of nitrogens with one attached hydrogen (secondary N) is 1. The summed E-state index contributed by atoms with van der Waals surface area (Å²) in [5.74, 6) is -0.294. The molecule has 0 saturated heterocycles. The van der Waals surface area contributed by atoms with E-state index in [-0.39, 0.29) is 18.5 Å². The first kappa shape index (κ1) is 14.3. The third-order valence-corrected chi connectivity index (χ3v) is 3.95. The Bertz CT molecular complexity index is 562. The molecule has 2 nitrogen and oxygen atoms in total. The van der Waals surface area contributed by atoms with Crippen LogP contribution < -0.4 is 5.32 Å². The van der Waals surface area contributed by atoms with Gasteiger partial charge in [0.1, 0.15) is 5.82 Å². The Kier molecular flexibility index (Phi) is 4.80. The maximum Gasteiger partial charge on any atom is 0.123 e. The lowest BCUT2D eigenvalue weighted by Gasteiger charge is -2.18. The second-order valence-electron chi connectivity index (χ2n) is 4.06. The van der Waals surface area contributed by atoms with Gasteiger partial charge in [-0.25, -0.2) is 4.39 Å². The molecule has 0 spiro atoms. The minimum absolute atomic E-state index is 0.0880. The monoisotopic (exact) mass is 343 g/mol. The van der Waals surface area contributed by atoms with Gasteiger partial charge in [0, 0.05) is 10.2 Å². The molecule has 2 N–H and O–H groups in total. The molecule has 1 unspecified atom stereocenters. The molecule has 0 fully saturated rings. The average molecular weight is 345 g/mol. The van der Waals surface area contributed by atoms with Crippen molar-refractivity contribution < 1.29 is 9.50 Å². The molecule has 100 valence electrons. The second-order valence-corrected chi connectivity index (χ2v) is 5.32. The van der Waals surface area contributed by atoms with Gasteiger partial charge in [0.15, 0.2) is 0 Å². The van der Waals surface area contributed by atoms with Gasteiger partial charge in [-0.3, -0.25) is 0 Å². The molecular weight excluding hydrogens is 333 g/mol. The summed E-state index contributed by atoms with van der Waals surface area (Å²) in [6, 6.07) is 11.2. The van der Waals surface area contributed by atoms with Gasteiger partial charge in [-0.15, -0.1) is 0 Å². The minimum atomic E-state index is -0.295. The summed E-state index contributed by atoms with van der Waals surface area (Å²) in [5.41, 5.74) is 1.60. The molecule has 0 aliphatic carbocycles. The van der Waals surface area contributed by atoms with Gasteiger partial charge in [-0.2, -0.15) is 0 Å². The minimum Gasteiger partial charge on any atom is -0.394 e. The number of hydrogen-bond donors (Lipinski definition) is 2. The van der Waals surface area contributed by atoms with Crippen LogP contribution in [0.25, 0.3) is 0 Å². The van der Waals surface area contributed by atoms with Crippen LogP contribution in [0.5, 0.6) is 0 Å². The van der Waals surface area contributed by atoms with E-state index in [1.807, 2.05) is 12.1 Å². The van der Waals surface area contributed by atoms with Crippen LogP contribution in [0.4, 0.5) is 10.1 Å². The lowest BCUT2D eigenvalue weighted by atomic mass is 10.1. The van der Waals surface area contributed by atoms with Crippen molar-refractivity contribution in [3.05, 3.63) is 63.3 Å². The van der Waals surface area contributed by atoms with Crippen molar-refractivity contribution in [1.82, 2.24) is 0 Å². The molecule has 0 aliphatic rings. The highest BCUT2D eigenvalue weighted by molar-refractivity contribution is 9.10. The van der Waals surface area contributed by atoms with Crippen LogP contribution in [0.15, 0.2) is 46.9 Å². The molecule has 2 aromatic carbocycles. The summed E-state index contributed by atoms with van der Waals surface area (Å²) in [6.07, 6.45) is 0. The van der Waals surface area contributed by atoms with Crippen LogP contribution in [-0.4, -0.2) is 11.7 Å². The van der Waals surface area contributed by atoms with Crippen molar-refractivity contribution in [2.45, 2.75) is 6.04 Å². The Balaban J connectivity index is 2.19. The molecule has 0 amide bonds. The lowest BCUT2D eigenvalue weighted by Crippen LogP contribution is -2.14. The highest BCUT2D eigenvalue weighted by Gasteiger charge is 2.11. The second kappa shape index (κ2) is 6.37. The number of benzene rings is 2. The number of hydrogen-bond acceptors (Lipinski definition) is 2. The fourth-order valence-electron chi connectivity index (χ4n) is 1.71. The van der Waals surface area contributed by atoms with Crippen molar-refractivity contribution in [2.24, 2.45) is 0 Å². The number of aliphatic hydroxyl groups is 1. The van der Waals surface area contributed by atoms with Crippen LogP contribution in [0, 0.1) is 5.82 Å². The Morgan fingerprint density at radius 2 is 1.89 bits per heavy atom. The standard InChI is InChI=1S/C14H12BrClFNO/c15-12-6-1-9(7-13(12)16)14(8-19)18-11-4-2-10(17)3-5-11/h1-7,14,18-19H,8H2. The van der Waals surface area contributed by atoms with E-state index in [0.717, 1.165) is 15.7 Å². The Morgan fingerprint density at radius 3 is 2.47 bits per heavy atom. The van der Waals surface area contributed by atoms with Crippen LogP contribution in [0.2, 0.25) is 5.02 Å². The van der Waals surface area contributed by atoms with Crippen LogP contribution in [-0.2, 0) is 0 Å². The van der Waals surface area contributed by atoms with E-state index in [1.54, 1.807) is 18.2 Å². The maximum absolute atomic E-state index is 12.8. The zero-order valence-electron chi connectivity index (χ0n) is 9.91. The van der Waals surface area contributed by atoms with Crippen molar-refractivity contribution in [1.29, 1.82) is 0 Å². The van der Waals surface area contributed by atoms with Gasteiger partial charge in [0.05, 0.1) is 17.7 Å². The van der Waals surface area contributed by atoms with E-state index in [2.05, 4.69) is 21.2 Å². The highest BCUT2D eigenvalue weighted by Crippen LogP contribution is 2.27. The largest absolute Gasteiger partial charge is 0.394 e. The van der Waals surface area contributed by atoms with Gasteiger partial charge in [0.2, 0.25) is 0 Å². The molecule has 0 saturated carbocycles. The quantitative estimate of drug-likeness (QED) is 0.862. The smallest absolute Gasteiger partial charge is 0.123 e. The molecule has 0 bridgehead atoms. The molecule has 0 heterocycles. The number of aliphatic hydroxyl groups excluding tert-OH is 1. The molecule has 5 heteroatoms. The fraction of sp³-hybridized carbons (Fsp3) is 0.143. The maximum atomic E-state index is 12.8. The molecule has 2 rings (SSSR count). The summed E-state index contributed by atoms with van der Waals surface area (Å²) >= 11 is 9.35. The third kappa shape index (κ3) is 3.69. The Hall–Kier alpha value is -1.10. The predicted octanol–water partition coefficient (Wildman–Crippen LogP) is 4.39. The van der Waals surface area contributed by atoms with Gasteiger partial charge in [0.25, 0.3) is 0 Å². The number of halogens is 3. The first-order chi connectivity index (χ1) is 9.10. The van der Waals surface area contributed by atoms with Crippen LogP contribution in [0.3, 0.4) is 0 Å². The summed E-state index contributed by atoms with van der Waals surface area (Å²) < 4.78 is 13.6. The van der Waals surface area contributed by atoms with Crippen molar-refractivity contribution in [3.8, 4) is 0 Å². The summed E-state index contributed by atoms with van der Waals surface area (Å²) in [7, 11) is 0. The summed E-state index contributed by atoms with van der Waals surface area (Å²) in [5, 5.41) is 13.2. The molecule has 1 atom stereocenters. The number of rotatable bonds is 4. The topological polar surface area (TPSA) is 32.3 Å². The van der Waals surface area contributed by atoms with E-state index in [9.17, 15) is 9.50 Å². The molecule has 19 heavy (non-hydrogen) atoms. The molecule has 2 aromatic rings. The van der Waals surface area contributed by atoms with Crippen molar-refractivity contribution in [2.75, 3.05) is 11.9 Å². The summed E-state index contributed by atoms with van der Waals surface area (Å²) in [4.78, 5) is 0. The predicted molar refractivity (Wildman–Crippen MR) is 79.0 cm³/mol. The lowest BCUT2D eigenvalue weighted by molar-refractivity contribution is 0.276.